The Hall–Kier alpha value is -1.31. The van der Waals surface area contributed by atoms with Crippen molar-refractivity contribution in [2.45, 2.75) is 52.5 Å². The highest BCUT2D eigenvalue weighted by atomic mass is 16.1. The third-order valence-corrected chi connectivity index (χ3v) is 4.08. The maximum Gasteiger partial charge on any atom is 0.159 e. The number of carbonyl (C=O) groups excluding carboxylic acids is 1. The van der Waals surface area contributed by atoms with Crippen molar-refractivity contribution in [3.63, 3.8) is 0 Å². The second kappa shape index (κ2) is 4.42. The van der Waals surface area contributed by atoms with Crippen molar-refractivity contribution in [2.75, 3.05) is 11.4 Å². The molecule has 18 heavy (non-hydrogen) atoms. The van der Waals surface area contributed by atoms with E-state index < -0.39 is 0 Å². The Kier molecular flexibility index (Phi) is 3.22. The van der Waals surface area contributed by atoms with Gasteiger partial charge in [0.1, 0.15) is 0 Å². The maximum absolute atomic E-state index is 12.0. The minimum Gasteiger partial charge on any atom is -0.358 e. The van der Waals surface area contributed by atoms with Gasteiger partial charge in [-0.3, -0.25) is 4.79 Å². The van der Waals surface area contributed by atoms with Crippen LogP contribution in [0.4, 0.5) is 5.69 Å². The number of aryl methyl sites for hydroxylation is 1. The summed E-state index contributed by atoms with van der Waals surface area (Å²) >= 11 is 0. The van der Waals surface area contributed by atoms with Gasteiger partial charge < -0.3 is 4.90 Å². The minimum atomic E-state index is -0.365. The molecule has 0 unspecified atom stereocenters. The highest BCUT2D eigenvalue weighted by Crippen LogP contribution is 2.38. The van der Waals surface area contributed by atoms with Crippen LogP contribution in [0.15, 0.2) is 18.2 Å². The van der Waals surface area contributed by atoms with E-state index in [-0.39, 0.29) is 5.54 Å². The van der Waals surface area contributed by atoms with Gasteiger partial charge in [-0.1, -0.05) is 32.0 Å². The van der Waals surface area contributed by atoms with Crippen LogP contribution in [-0.2, 0) is 4.79 Å². The molecule has 98 valence electrons. The van der Waals surface area contributed by atoms with Gasteiger partial charge in [-0.15, -0.1) is 0 Å². The molecule has 0 spiro atoms. The molecule has 2 nitrogen and oxygen atoms in total. The van der Waals surface area contributed by atoms with E-state index in [4.69, 9.17) is 0 Å². The molecule has 1 aliphatic heterocycles. The van der Waals surface area contributed by atoms with Crippen LogP contribution in [0, 0.1) is 6.92 Å². The average Bonchev–Trinajstić information content (AvgIpc) is 2.54. The van der Waals surface area contributed by atoms with Crippen LogP contribution in [0.25, 0.3) is 0 Å². The van der Waals surface area contributed by atoms with Crippen molar-refractivity contribution in [1.82, 2.24) is 0 Å². The molecule has 0 aliphatic carbocycles. The van der Waals surface area contributed by atoms with E-state index in [1.54, 1.807) is 0 Å². The molecule has 1 aliphatic rings. The number of anilines is 1. The van der Waals surface area contributed by atoms with Crippen LogP contribution >= 0.6 is 0 Å². The van der Waals surface area contributed by atoms with Gasteiger partial charge in [-0.05, 0) is 37.8 Å². The third-order valence-electron chi connectivity index (χ3n) is 4.08. The van der Waals surface area contributed by atoms with Gasteiger partial charge in [-0.2, -0.15) is 0 Å². The van der Waals surface area contributed by atoms with E-state index in [0.29, 0.717) is 18.1 Å². The zero-order valence-electron chi connectivity index (χ0n) is 12.1. The standard InChI is InChI=1S/C16H23NO/c1-11(2)13-8-6-7-12(3)15(13)17-10-9-14(18)16(17,4)5/h6-8,11H,9-10H2,1-5H3. The second-order valence-corrected chi connectivity index (χ2v) is 6.05. The molecule has 0 aromatic heterocycles. The predicted octanol–water partition coefficient (Wildman–Crippen LogP) is 3.68. The summed E-state index contributed by atoms with van der Waals surface area (Å²) in [6, 6.07) is 6.44. The normalized spacial score (nSPS) is 18.8. The van der Waals surface area contributed by atoms with Crippen molar-refractivity contribution >= 4 is 11.5 Å². The molecule has 0 radical (unpaired) electrons. The Bertz CT molecular complexity index is 474. The molecular weight excluding hydrogens is 222 g/mol. The van der Waals surface area contributed by atoms with E-state index in [2.05, 4.69) is 43.9 Å². The fraction of sp³-hybridized carbons (Fsp3) is 0.562. The SMILES string of the molecule is Cc1cccc(C(C)C)c1N1CCC(=O)C1(C)C. The number of rotatable bonds is 2. The van der Waals surface area contributed by atoms with Crippen molar-refractivity contribution in [3.8, 4) is 0 Å². The lowest BCUT2D eigenvalue weighted by atomic mass is 9.94. The highest BCUT2D eigenvalue weighted by Gasteiger charge is 2.41. The number of carbonyl (C=O) groups is 1. The summed E-state index contributed by atoms with van der Waals surface area (Å²) in [5, 5.41) is 0. The molecule has 1 aromatic rings. The minimum absolute atomic E-state index is 0.348. The van der Waals surface area contributed by atoms with Crippen LogP contribution < -0.4 is 4.90 Å². The van der Waals surface area contributed by atoms with E-state index >= 15 is 0 Å². The number of hydrogen-bond donors (Lipinski definition) is 0. The van der Waals surface area contributed by atoms with Crippen LogP contribution in [-0.4, -0.2) is 17.9 Å². The molecule has 0 N–H and O–H groups in total. The average molecular weight is 245 g/mol. The molecule has 1 heterocycles. The highest BCUT2D eigenvalue weighted by molar-refractivity contribution is 5.95. The molecule has 1 fully saturated rings. The number of para-hydroxylation sites is 1. The smallest absolute Gasteiger partial charge is 0.159 e. The van der Waals surface area contributed by atoms with E-state index in [1.807, 2.05) is 13.8 Å². The molecule has 2 heteroatoms. The molecule has 1 aromatic carbocycles. The zero-order valence-corrected chi connectivity index (χ0v) is 12.1. The summed E-state index contributed by atoms with van der Waals surface area (Å²) < 4.78 is 0. The van der Waals surface area contributed by atoms with E-state index in [0.717, 1.165) is 6.54 Å². The lowest BCUT2D eigenvalue weighted by Crippen LogP contribution is -2.43. The van der Waals surface area contributed by atoms with Gasteiger partial charge >= 0.3 is 0 Å². The quantitative estimate of drug-likeness (QED) is 0.792. The Morgan fingerprint density at radius 1 is 1.28 bits per heavy atom. The molecular formula is C16H23NO. The summed E-state index contributed by atoms with van der Waals surface area (Å²) in [6.45, 7) is 11.5. The number of hydrogen-bond acceptors (Lipinski definition) is 2. The largest absolute Gasteiger partial charge is 0.358 e. The second-order valence-electron chi connectivity index (χ2n) is 6.05. The summed E-state index contributed by atoms with van der Waals surface area (Å²) in [7, 11) is 0. The van der Waals surface area contributed by atoms with E-state index in [9.17, 15) is 4.79 Å². The van der Waals surface area contributed by atoms with Gasteiger partial charge in [0.2, 0.25) is 0 Å². The fourth-order valence-electron chi connectivity index (χ4n) is 2.86. The zero-order chi connectivity index (χ0) is 13.5. The molecule has 1 saturated heterocycles. The number of nitrogens with zero attached hydrogens (tertiary/aromatic N) is 1. The topological polar surface area (TPSA) is 20.3 Å². The first-order valence-electron chi connectivity index (χ1n) is 6.76. The van der Waals surface area contributed by atoms with E-state index in [1.165, 1.54) is 16.8 Å². The van der Waals surface area contributed by atoms with Crippen LogP contribution in [0.3, 0.4) is 0 Å². The molecule has 0 amide bonds. The van der Waals surface area contributed by atoms with Crippen molar-refractivity contribution in [3.05, 3.63) is 29.3 Å². The Morgan fingerprint density at radius 2 is 1.94 bits per heavy atom. The van der Waals surface area contributed by atoms with Crippen LogP contribution in [0.5, 0.6) is 0 Å². The first-order chi connectivity index (χ1) is 8.35. The number of ketones is 1. The first kappa shape index (κ1) is 13.1. The summed E-state index contributed by atoms with van der Waals surface area (Å²) in [5.41, 5.74) is 3.51. The van der Waals surface area contributed by atoms with Crippen molar-refractivity contribution < 1.29 is 4.79 Å². The Labute approximate surface area is 110 Å². The lowest BCUT2D eigenvalue weighted by molar-refractivity contribution is -0.120. The van der Waals surface area contributed by atoms with Gasteiger partial charge in [0, 0.05) is 18.7 Å². The van der Waals surface area contributed by atoms with Crippen molar-refractivity contribution in [1.29, 1.82) is 0 Å². The fourth-order valence-corrected chi connectivity index (χ4v) is 2.86. The summed E-state index contributed by atoms with van der Waals surface area (Å²) in [6.07, 6.45) is 0.666. The van der Waals surface area contributed by atoms with Gasteiger partial charge in [0.05, 0.1) is 5.54 Å². The monoisotopic (exact) mass is 245 g/mol. The van der Waals surface area contributed by atoms with Gasteiger partial charge in [-0.25, -0.2) is 0 Å². The number of benzene rings is 1. The lowest BCUT2D eigenvalue weighted by Gasteiger charge is -2.35. The number of Topliss-reactive ketones (excluding diaryl/α,β-unsaturated/α-hetero) is 1. The molecule has 0 saturated carbocycles. The van der Waals surface area contributed by atoms with Crippen LogP contribution in [0.1, 0.15) is 51.2 Å². The molecule has 0 bridgehead atoms. The van der Waals surface area contributed by atoms with Gasteiger partial charge in [0.25, 0.3) is 0 Å². The Balaban J connectivity index is 2.55. The Morgan fingerprint density at radius 3 is 2.44 bits per heavy atom. The van der Waals surface area contributed by atoms with Gasteiger partial charge in [0.15, 0.2) is 5.78 Å². The predicted molar refractivity (Wildman–Crippen MR) is 76.3 cm³/mol. The maximum atomic E-state index is 12.0. The summed E-state index contributed by atoms with van der Waals surface area (Å²) in [5.74, 6) is 0.826. The first-order valence-corrected chi connectivity index (χ1v) is 6.76. The van der Waals surface area contributed by atoms with Crippen LogP contribution in [0.2, 0.25) is 0 Å². The third kappa shape index (κ3) is 1.94. The van der Waals surface area contributed by atoms with Crippen molar-refractivity contribution in [2.24, 2.45) is 0 Å². The molecule has 2 rings (SSSR count). The molecule has 0 atom stereocenters. The summed E-state index contributed by atoms with van der Waals surface area (Å²) in [4.78, 5) is 14.3.